The quantitative estimate of drug-likeness (QED) is 0.432. The van der Waals surface area contributed by atoms with Crippen molar-refractivity contribution in [2.75, 3.05) is 16.8 Å². The maximum absolute atomic E-state index is 13.7. The van der Waals surface area contributed by atoms with Crippen LogP contribution in [0.5, 0.6) is 5.75 Å². The van der Waals surface area contributed by atoms with Crippen LogP contribution >= 0.6 is 11.6 Å². The molecule has 0 heterocycles. The summed E-state index contributed by atoms with van der Waals surface area (Å²) in [5.41, 5.74) is 3.85. The third-order valence-corrected chi connectivity index (χ3v) is 5.20. The van der Waals surface area contributed by atoms with Crippen LogP contribution in [0.1, 0.15) is 17.3 Å². The van der Waals surface area contributed by atoms with E-state index in [1.54, 1.807) is 36.4 Å². The van der Waals surface area contributed by atoms with Gasteiger partial charge in [0.05, 0.1) is 22.8 Å². The number of carbonyl (C=O) groups excluding carboxylic acids is 2. The molecule has 0 aromatic heterocycles. The number of nitrogens with one attached hydrogen (secondary N) is 1. The summed E-state index contributed by atoms with van der Waals surface area (Å²) in [6.45, 7) is 1.01. The molecule has 0 saturated carbocycles. The van der Waals surface area contributed by atoms with Gasteiger partial charge >= 0.3 is 12.0 Å². The number of rotatable bonds is 8. The smallest absolute Gasteiger partial charge is 0.337 e. The fourth-order valence-corrected chi connectivity index (χ4v) is 3.36. The van der Waals surface area contributed by atoms with E-state index < -0.39 is 35.9 Å². The molecule has 3 aromatic carbocycles. The number of anilines is 2. The minimum atomic E-state index is -1.76. The van der Waals surface area contributed by atoms with Gasteiger partial charge in [0.15, 0.2) is 0 Å². The van der Waals surface area contributed by atoms with Crippen LogP contribution in [0.4, 0.5) is 20.6 Å². The molecule has 34 heavy (non-hydrogen) atoms. The summed E-state index contributed by atoms with van der Waals surface area (Å²) in [5, 5.41) is 11.8. The Labute approximate surface area is 199 Å². The van der Waals surface area contributed by atoms with Crippen LogP contribution in [0.3, 0.4) is 0 Å². The first-order chi connectivity index (χ1) is 16.1. The summed E-state index contributed by atoms with van der Waals surface area (Å²) in [6, 6.07) is 16.8. The van der Waals surface area contributed by atoms with Gasteiger partial charge in [-0.1, -0.05) is 41.9 Å². The number of urea groups is 1. The number of benzene rings is 3. The number of hydrogen-bond donors (Lipinski definition) is 3. The molecule has 3 rings (SSSR count). The number of halogens is 2. The van der Waals surface area contributed by atoms with E-state index in [0.29, 0.717) is 5.75 Å². The fourth-order valence-electron chi connectivity index (χ4n) is 3.18. The standard InChI is InChI=1S/C24H21ClFN3O5/c1-24(34-16-7-3-2-4-8-16,22(32)28-20-10-6-5-9-17(20)21(30)31)14-29(23(27)33)15-11-12-19(26)18(25)13-15/h2-13H,14H2,1H3,(H2,27,33)(H,28,32)(H,30,31). The van der Waals surface area contributed by atoms with Crippen molar-refractivity contribution in [2.24, 2.45) is 5.73 Å². The molecule has 1 unspecified atom stereocenters. The number of hydrogen-bond acceptors (Lipinski definition) is 4. The molecule has 0 aliphatic carbocycles. The zero-order valence-electron chi connectivity index (χ0n) is 18.0. The van der Waals surface area contributed by atoms with Crippen molar-refractivity contribution in [3.05, 3.63) is 89.2 Å². The van der Waals surface area contributed by atoms with Crippen LogP contribution in [-0.2, 0) is 4.79 Å². The van der Waals surface area contributed by atoms with Crippen molar-refractivity contribution < 1.29 is 28.6 Å². The highest BCUT2D eigenvalue weighted by Crippen LogP contribution is 2.27. The van der Waals surface area contributed by atoms with Crippen LogP contribution in [-0.4, -0.2) is 35.2 Å². The minimum Gasteiger partial charge on any atom is -0.478 e. The van der Waals surface area contributed by atoms with Gasteiger partial charge in [-0.15, -0.1) is 0 Å². The van der Waals surface area contributed by atoms with Gasteiger partial charge in [-0.3, -0.25) is 9.69 Å². The second-order valence-corrected chi connectivity index (χ2v) is 7.88. The van der Waals surface area contributed by atoms with E-state index in [1.165, 1.54) is 37.3 Å². The van der Waals surface area contributed by atoms with Gasteiger partial charge in [0.25, 0.3) is 5.91 Å². The summed E-state index contributed by atoms with van der Waals surface area (Å²) in [6.07, 6.45) is 0. The Hall–Kier alpha value is -4.11. The number of nitrogens with zero attached hydrogens (tertiary/aromatic N) is 1. The van der Waals surface area contributed by atoms with E-state index >= 15 is 0 Å². The SMILES string of the molecule is CC(CN(C(N)=O)c1ccc(F)c(Cl)c1)(Oc1ccccc1)C(=O)Nc1ccccc1C(=O)O. The molecule has 0 aliphatic rings. The summed E-state index contributed by atoms with van der Waals surface area (Å²) >= 11 is 5.86. The topological polar surface area (TPSA) is 122 Å². The van der Waals surface area contributed by atoms with Gasteiger partial charge in [-0.05, 0) is 49.4 Å². The molecule has 0 spiro atoms. The maximum atomic E-state index is 13.7. The highest BCUT2D eigenvalue weighted by Gasteiger charge is 2.40. The summed E-state index contributed by atoms with van der Waals surface area (Å²) in [7, 11) is 0. The monoisotopic (exact) mass is 485 g/mol. The molecule has 0 radical (unpaired) electrons. The first kappa shape index (κ1) is 24.5. The van der Waals surface area contributed by atoms with Gasteiger partial charge in [-0.2, -0.15) is 0 Å². The Morgan fingerprint density at radius 1 is 1.09 bits per heavy atom. The number of carboxylic acids is 1. The van der Waals surface area contributed by atoms with E-state index in [2.05, 4.69) is 5.32 Å². The number of para-hydroxylation sites is 2. The van der Waals surface area contributed by atoms with E-state index in [1.807, 2.05) is 0 Å². The minimum absolute atomic E-state index is 0.0401. The second-order valence-electron chi connectivity index (χ2n) is 7.47. The number of primary amides is 1. The van der Waals surface area contributed by atoms with E-state index in [0.717, 1.165) is 11.0 Å². The summed E-state index contributed by atoms with van der Waals surface area (Å²) < 4.78 is 19.6. The second kappa shape index (κ2) is 10.2. The molecule has 8 nitrogen and oxygen atoms in total. The number of ether oxygens (including phenoxy) is 1. The van der Waals surface area contributed by atoms with Gasteiger partial charge in [0, 0.05) is 5.69 Å². The van der Waals surface area contributed by atoms with E-state index in [-0.39, 0.29) is 22.0 Å². The molecule has 0 bridgehead atoms. The van der Waals surface area contributed by atoms with Gasteiger partial charge < -0.3 is 20.9 Å². The zero-order valence-corrected chi connectivity index (χ0v) is 18.8. The third-order valence-electron chi connectivity index (χ3n) is 4.91. The molecule has 3 amide bonds. The molecule has 176 valence electrons. The van der Waals surface area contributed by atoms with Crippen LogP contribution in [0.25, 0.3) is 0 Å². The molecule has 0 aliphatic heterocycles. The predicted octanol–water partition coefficient (Wildman–Crippen LogP) is 4.54. The van der Waals surface area contributed by atoms with Gasteiger partial charge in [0.2, 0.25) is 5.60 Å². The zero-order chi connectivity index (χ0) is 24.9. The number of carbonyl (C=O) groups is 3. The van der Waals surface area contributed by atoms with Crippen molar-refractivity contribution in [1.82, 2.24) is 0 Å². The number of nitrogens with two attached hydrogens (primary N) is 1. The van der Waals surface area contributed by atoms with Crippen molar-refractivity contribution in [3.63, 3.8) is 0 Å². The molecule has 1 atom stereocenters. The molecule has 0 fully saturated rings. The van der Waals surface area contributed by atoms with E-state index in [9.17, 15) is 23.9 Å². The summed E-state index contributed by atoms with van der Waals surface area (Å²) in [5.74, 6) is -2.36. The van der Waals surface area contributed by atoms with Crippen LogP contribution in [0.15, 0.2) is 72.8 Å². The molecule has 3 aromatic rings. The van der Waals surface area contributed by atoms with Crippen molar-refractivity contribution in [1.29, 1.82) is 0 Å². The third kappa shape index (κ3) is 5.62. The summed E-state index contributed by atoms with van der Waals surface area (Å²) in [4.78, 5) is 38.3. The predicted molar refractivity (Wildman–Crippen MR) is 126 cm³/mol. The van der Waals surface area contributed by atoms with Crippen LogP contribution in [0.2, 0.25) is 5.02 Å². The maximum Gasteiger partial charge on any atom is 0.337 e. The first-order valence-electron chi connectivity index (χ1n) is 10.0. The number of amides is 3. The lowest BCUT2D eigenvalue weighted by molar-refractivity contribution is -0.129. The van der Waals surface area contributed by atoms with Gasteiger partial charge in [0.1, 0.15) is 11.6 Å². The highest BCUT2D eigenvalue weighted by molar-refractivity contribution is 6.31. The number of aromatic carboxylic acids is 1. The van der Waals surface area contributed by atoms with Crippen LogP contribution < -0.4 is 20.7 Å². The first-order valence-corrected chi connectivity index (χ1v) is 10.4. The van der Waals surface area contributed by atoms with Gasteiger partial charge in [-0.25, -0.2) is 14.0 Å². The lowest BCUT2D eigenvalue weighted by Gasteiger charge is -2.34. The van der Waals surface area contributed by atoms with Crippen molar-refractivity contribution in [2.45, 2.75) is 12.5 Å². The largest absolute Gasteiger partial charge is 0.478 e. The lowest BCUT2D eigenvalue weighted by Crippen LogP contribution is -2.56. The highest BCUT2D eigenvalue weighted by atomic mass is 35.5. The molecular formula is C24H21ClFN3O5. The Morgan fingerprint density at radius 3 is 2.35 bits per heavy atom. The normalized spacial score (nSPS) is 12.3. The van der Waals surface area contributed by atoms with Crippen LogP contribution in [0, 0.1) is 5.82 Å². The Bertz CT molecular complexity index is 1220. The molecule has 4 N–H and O–H groups in total. The lowest BCUT2D eigenvalue weighted by atomic mass is 10.0. The Balaban J connectivity index is 2.01. The number of carboxylic acid groups (broad SMARTS) is 1. The van der Waals surface area contributed by atoms with Crippen molar-refractivity contribution >= 4 is 40.9 Å². The average molecular weight is 486 g/mol. The molecular weight excluding hydrogens is 465 g/mol. The Morgan fingerprint density at radius 2 is 1.74 bits per heavy atom. The average Bonchev–Trinajstić information content (AvgIpc) is 2.80. The van der Waals surface area contributed by atoms with E-state index in [4.69, 9.17) is 22.1 Å². The Kier molecular flexibility index (Phi) is 7.37. The molecule has 10 heteroatoms. The molecule has 0 saturated heterocycles. The fraction of sp³-hybridized carbons (Fsp3) is 0.125. The van der Waals surface area contributed by atoms with Crippen molar-refractivity contribution in [3.8, 4) is 5.75 Å².